The lowest BCUT2D eigenvalue weighted by molar-refractivity contribution is -0.141. The highest BCUT2D eigenvalue weighted by Gasteiger charge is 2.26. The molecule has 18 heavy (non-hydrogen) atoms. The van der Waals surface area contributed by atoms with Crippen LogP contribution < -0.4 is 4.74 Å². The smallest absolute Gasteiger partial charge is 0.306 e. The Hall–Kier alpha value is -1.51. The Morgan fingerprint density at radius 1 is 1.50 bits per heavy atom. The van der Waals surface area contributed by atoms with Crippen LogP contribution >= 0.6 is 0 Å². The molecule has 3 nitrogen and oxygen atoms in total. The minimum absolute atomic E-state index is 0.0465. The number of hydrogen-bond acceptors (Lipinski definition) is 2. The molecule has 0 saturated heterocycles. The zero-order valence-corrected chi connectivity index (χ0v) is 10.9. The van der Waals surface area contributed by atoms with Crippen LogP contribution in [0.1, 0.15) is 44.6 Å². The van der Waals surface area contributed by atoms with Gasteiger partial charge in [-0.3, -0.25) is 4.79 Å². The second-order valence-electron chi connectivity index (χ2n) is 5.03. The van der Waals surface area contributed by atoms with Crippen molar-refractivity contribution in [2.75, 3.05) is 0 Å². The van der Waals surface area contributed by atoms with E-state index in [0.717, 1.165) is 30.6 Å². The molecule has 0 radical (unpaired) electrons. The Morgan fingerprint density at radius 3 is 2.78 bits per heavy atom. The molecule has 0 aromatic heterocycles. The molecular formula is C15H20O3. The first-order chi connectivity index (χ1) is 8.61. The van der Waals surface area contributed by atoms with Crippen molar-refractivity contribution in [1.29, 1.82) is 0 Å². The summed E-state index contributed by atoms with van der Waals surface area (Å²) in [6, 6.07) is 7.88. The van der Waals surface area contributed by atoms with Gasteiger partial charge in [-0.1, -0.05) is 26.0 Å². The Bertz CT molecular complexity index is 424. The molecule has 0 amide bonds. The molecule has 2 rings (SSSR count). The molecule has 1 saturated carbocycles. The van der Waals surface area contributed by atoms with Crippen molar-refractivity contribution in [2.45, 2.75) is 45.1 Å². The van der Waals surface area contributed by atoms with Crippen LogP contribution in [0.3, 0.4) is 0 Å². The monoisotopic (exact) mass is 248 g/mol. The van der Waals surface area contributed by atoms with Crippen molar-refractivity contribution in [3.63, 3.8) is 0 Å². The van der Waals surface area contributed by atoms with Gasteiger partial charge in [0.15, 0.2) is 0 Å². The van der Waals surface area contributed by atoms with Crippen molar-refractivity contribution in [3.8, 4) is 5.75 Å². The Kier molecular flexibility index (Phi) is 3.90. The van der Waals surface area contributed by atoms with Gasteiger partial charge >= 0.3 is 5.97 Å². The first-order valence-corrected chi connectivity index (χ1v) is 6.61. The summed E-state index contributed by atoms with van der Waals surface area (Å²) < 4.78 is 5.75. The maximum atomic E-state index is 11.1. The summed E-state index contributed by atoms with van der Waals surface area (Å²) >= 11 is 0. The highest BCUT2D eigenvalue weighted by Crippen LogP contribution is 2.32. The summed E-state index contributed by atoms with van der Waals surface area (Å²) in [6.07, 6.45) is 3.46. The second kappa shape index (κ2) is 5.42. The van der Waals surface area contributed by atoms with Gasteiger partial charge in [0.2, 0.25) is 0 Å². The molecule has 1 aromatic rings. The number of rotatable bonds is 6. The van der Waals surface area contributed by atoms with E-state index in [2.05, 4.69) is 0 Å². The minimum Gasteiger partial charge on any atom is -0.490 e. The van der Waals surface area contributed by atoms with Gasteiger partial charge in [-0.2, -0.15) is 0 Å². The number of carboxylic acids is 1. The lowest BCUT2D eigenvalue weighted by atomic mass is 9.85. The fourth-order valence-electron chi connectivity index (χ4n) is 2.25. The van der Waals surface area contributed by atoms with Crippen LogP contribution in [0, 0.1) is 5.92 Å². The lowest BCUT2D eigenvalue weighted by Gasteiger charge is -2.20. The molecule has 1 fully saturated rings. The molecule has 3 heteroatoms. The summed E-state index contributed by atoms with van der Waals surface area (Å²) in [6.45, 7) is 3.80. The van der Waals surface area contributed by atoms with E-state index >= 15 is 0 Å². The van der Waals surface area contributed by atoms with Crippen molar-refractivity contribution >= 4 is 5.97 Å². The van der Waals surface area contributed by atoms with Crippen molar-refractivity contribution in [3.05, 3.63) is 29.8 Å². The van der Waals surface area contributed by atoms with Crippen LogP contribution in [0.25, 0.3) is 0 Å². The molecule has 1 aliphatic rings. The molecule has 0 bridgehead atoms. The summed E-state index contributed by atoms with van der Waals surface area (Å²) in [5.74, 6) is -0.196. The van der Waals surface area contributed by atoms with Gasteiger partial charge in [-0.05, 0) is 42.9 Å². The molecule has 1 N–H and O–H groups in total. The fraction of sp³-hybridized carbons (Fsp3) is 0.533. The minimum atomic E-state index is -0.740. The number of carboxylic acid groups (broad SMARTS) is 1. The number of ether oxygens (including phenoxy) is 1. The van der Waals surface area contributed by atoms with Gasteiger partial charge in [0.25, 0.3) is 0 Å². The number of hydrogen-bond donors (Lipinski definition) is 1. The molecule has 0 aliphatic heterocycles. The number of aliphatic carboxylic acids is 1. The van der Waals surface area contributed by atoms with Crippen LogP contribution in [-0.2, 0) is 4.79 Å². The van der Waals surface area contributed by atoms with Gasteiger partial charge in [-0.15, -0.1) is 0 Å². The van der Waals surface area contributed by atoms with E-state index < -0.39 is 5.97 Å². The summed E-state index contributed by atoms with van der Waals surface area (Å²) in [5.41, 5.74) is 1.06. The standard InChI is InChI=1S/C15H20O3/c1-3-14(10(2)15(16)17)11-5-4-6-13(9-11)18-12-7-8-12/h4-6,9-10,12,14H,3,7-8H2,1-2H3,(H,16,17)/t10-,14-/m0/s1. The number of carbonyl (C=O) groups is 1. The van der Waals surface area contributed by atoms with E-state index in [1.54, 1.807) is 6.92 Å². The summed E-state index contributed by atoms with van der Waals surface area (Å²) in [4.78, 5) is 11.1. The third kappa shape index (κ3) is 3.03. The Morgan fingerprint density at radius 2 is 2.22 bits per heavy atom. The van der Waals surface area contributed by atoms with Gasteiger partial charge in [0.1, 0.15) is 5.75 Å². The first-order valence-electron chi connectivity index (χ1n) is 6.61. The lowest BCUT2D eigenvalue weighted by Crippen LogP contribution is -2.18. The average Bonchev–Trinajstić information content (AvgIpc) is 3.14. The maximum Gasteiger partial charge on any atom is 0.306 e. The zero-order valence-electron chi connectivity index (χ0n) is 10.9. The molecule has 0 spiro atoms. The Labute approximate surface area is 108 Å². The normalized spacial score (nSPS) is 18.1. The van der Waals surface area contributed by atoms with Gasteiger partial charge in [0, 0.05) is 0 Å². The molecular weight excluding hydrogens is 228 g/mol. The highest BCUT2D eigenvalue weighted by atomic mass is 16.5. The molecule has 0 unspecified atom stereocenters. The van der Waals surface area contributed by atoms with Crippen LogP contribution in [0.15, 0.2) is 24.3 Å². The number of benzene rings is 1. The van der Waals surface area contributed by atoms with Crippen LogP contribution in [0.4, 0.5) is 0 Å². The third-order valence-electron chi connectivity index (χ3n) is 3.55. The van der Waals surface area contributed by atoms with E-state index in [0.29, 0.717) is 6.10 Å². The van der Waals surface area contributed by atoms with Gasteiger partial charge in [0.05, 0.1) is 12.0 Å². The SMILES string of the molecule is CC[C@H](c1cccc(OC2CC2)c1)[C@H](C)C(=O)O. The largest absolute Gasteiger partial charge is 0.490 e. The molecule has 0 heterocycles. The van der Waals surface area contributed by atoms with Crippen LogP contribution in [-0.4, -0.2) is 17.2 Å². The van der Waals surface area contributed by atoms with Gasteiger partial charge in [-0.25, -0.2) is 0 Å². The quantitative estimate of drug-likeness (QED) is 0.838. The second-order valence-corrected chi connectivity index (χ2v) is 5.03. The van der Waals surface area contributed by atoms with Crippen molar-refractivity contribution in [1.82, 2.24) is 0 Å². The van der Waals surface area contributed by atoms with E-state index in [9.17, 15) is 4.79 Å². The van der Waals surface area contributed by atoms with Crippen LogP contribution in [0.5, 0.6) is 5.75 Å². The molecule has 2 atom stereocenters. The zero-order chi connectivity index (χ0) is 13.1. The predicted molar refractivity (Wildman–Crippen MR) is 69.9 cm³/mol. The maximum absolute atomic E-state index is 11.1. The highest BCUT2D eigenvalue weighted by molar-refractivity contribution is 5.71. The molecule has 98 valence electrons. The van der Waals surface area contributed by atoms with Crippen molar-refractivity contribution < 1.29 is 14.6 Å². The third-order valence-corrected chi connectivity index (χ3v) is 3.55. The topological polar surface area (TPSA) is 46.5 Å². The molecule has 1 aromatic carbocycles. The summed E-state index contributed by atoms with van der Waals surface area (Å²) in [7, 11) is 0. The van der Waals surface area contributed by atoms with E-state index in [4.69, 9.17) is 9.84 Å². The van der Waals surface area contributed by atoms with E-state index in [1.807, 2.05) is 31.2 Å². The summed E-state index contributed by atoms with van der Waals surface area (Å²) in [5, 5.41) is 9.14. The van der Waals surface area contributed by atoms with E-state index in [1.165, 1.54) is 0 Å². The average molecular weight is 248 g/mol. The van der Waals surface area contributed by atoms with E-state index in [-0.39, 0.29) is 11.8 Å². The fourth-order valence-corrected chi connectivity index (χ4v) is 2.25. The first kappa shape index (κ1) is 12.9. The predicted octanol–water partition coefficient (Wildman–Crippen LogP) is 3.44. The molecule has 1 aliphatic carbocycles. The van der Waals surface area contributed by atoms with Crippen LogP contribution in [0.2, 0.25) is 0 Å². The van der Waals surface area contributed by atoms with Gasteiger partial charge < -0.3 is 9.84 Å². The van der Waals surface area contributed by atoms with Crippen molar-refractivity contribution in [2.24, 2.45) is 5.92 Å². The Balaban J connectivity index is 2.16.